The molecule has 0 atom stereocenters. The van der Waals surface area contributed by atoms with Crippen molar-refractivity contribution in [1.29, 1.82) is 0 Å². The van der Waals surface area contributed by atoms with Crippen LogP contribution in [-0.4, -0.2) is 30.6 Å². The molecule has 1 N–H and O–H groups in total. The zero-order chi connectivity index (χ0) is 13.7. The first-order chi connectivity index (χ1) is 9.13. The minimum Gasteiger partial charge on any atom is -0.309 e. The van der Waals surface area contributed by atoms with Crippen molar-refractivity contribution >= 4 is 27.3 Å². The molecule has 1 aromatic rings. The normalized spacial score (nSPS) is 17.6. The van der Waals surface area contributed by atoms with E-state index in [-0.39, 0.29) is 0 Å². The van der Waals surface area contributed by atoms with Crippen molar-refractivity contribution in [3.05, 3.63) is 32.4 Å². The highest BCUT2D eigenvalue weighted by molar-refractivity contribution is 9.11. The first-order valence-corrected chi connectivity index (χ1v) is 8.58. The number of hydrogen-bond acceptors (Lipinski definition) is 3. The highest BCUT2D eigenvalue weighted by Crippen LogP contribution is 2.22. The Morgan fingerprint density at radius 2 is 2.16 bits per heavy atom. The number of nitrogens with zero attached hydrogens (tertiary/aromatic N) is 1. The van der Waals surface area contributed by atoms with Gasteiger partial charge in [-0.25, -0.2) is 0 Å². The number of likely N-dealkylation sites (tertiary alicyclic amines) is 1. The SMILES string of the molecule is CC(C)=CCN1CCC(NCc2ccc(Br)s2)CC1. The zero-order valence-corrected chi connectivity index (χ0v) is 14.2. The second-order valence-electron chi connectivity index (χ2n) is 5.44. The van der Waals surface area contributed by atoms with Crippen LogP contribution in [0.5, 0.6) is 0 Å². The molecule has 106 valence electrons. The van der Waals surface area contributed by atoms with Crippen molar-refractivity contribution in [2.24, 2.45) is 0 Å². The van der Waals surface area contributed by atoms with Crippen LogP contribution in [0.15, 0.2) is 27.6 Å². The summed E-state index contributed by atoms with van der Waals surface area (Å²) >= 11 is 5.34. The Morgan fingerprint density at radius 3 is 2.74 bits per heavy atom. The lowest BCUT2D eigenvalue weighted by Gasteiger charge is -2.31. The van der Waals surface area contributed by atoms with E-state index in [0.717, 1.165) is 13.1 Å². The molecular weight excluding hydrogens is 320 g/mol. The number of nitrogens with one attached hydrogen (secondary N) is 1. The average molecular weight is 343 g/mol. The summed E-state index contributed by atoms with van der Waals surface area (Å²) in [5.41, 5.74) is 1.42. The summed E-state index contributed by atoms with van der Waals surface area (Å²) in [5.74, 6) is 0. The highest BCUT2D eigenvalue weighted by Gasteiger charge is 2.17. The van der Waals surface area contributed by atoms with Crippen LogP contribution in [0.4, 0.5) is 0 Å². The topological polar surface area (TPSA) is 15.3 Å². The highest BCUT2D eigenvalue weighted by atomic mass is 79.9. The van der Waals surface area contributed by atoms with Gasteiger partial charge in [0.15, 0.2) is 0 Å². The van der Waals surface area contributed by atoms with E-state index >= 15 is 0 Å². The second-order valence-corrected chi connectivity index (χ2v) is 7.99. The smallest absolute Gasteiger partial charge is 0.0701 e. The number of halogens is 1. The lowest BCUT2D eigenvalue weighted by molar-refractivity contribution is 0.214. The Morgan fingerprint density at radius 1 is 1.42 bits per heavy atom. The van der Waals surface area contributed by atoms with Gasteiger partial charge < -0.3 is 5.32 Å². The molecular formula is C15H23BrN2S. The Labute approximate surface area is 129 Å². The van der Waals surface area contributed by atoms with Gasteiger partial charge >= 0.3 is 0 Å². The maximum absolute atomic E-state index is 3.68. The lowest BCUT2D eigenvalue weighted by atomic mass is 10.0. The molecule has 2 nitrogen and oxygen atoms in total. The summed E-state index contributed by atoms with van der Waals surface area (Å²) in [6, 6.07) is 5.01. The largest absolute Gasteiger partial charge is 0.309 e. The Bertz CT molecular complexity index is 416. The zero-order valence-electron chi connectivity index (χ0n) is 11.8. The molecule has 0 aliphatic carbocycles. The van der Waals surface area contributed by atoms with Crippen molar-refractivity contribution in [1.82, 2.24) is 10.2 Å². The molecule has 1 saturated heterocycles. The van der Waals surface area contributed by atoms with Gasteiger partial charge in [-0.3, -0.25) is 4.90 Å². The Kier molecular flexibility index (Phi) is 6.07. The maximum atomic E-state index is 3.68. The van der Waals surface area contributed by atoms with Crippen LogP contribution >= 0.6 is 27.3 Å². The minimum absolute atomic E-state index is 0.684. The number of piperidine rings is 1. The molecule has 0 bridgehead atoms. The van der Waals surface area contributed by atoms with Gasteiger partial charge in [0, 0.05) is 24.0 Å². The van der Waals surface area contributed by atoms with Crippen molar-refractivity contribution < 1.29 is 0 Å². The molecule has 0 radical (unpaired) electrons. The van der Waals surface area contributed by atoms with Gasteiger partial charge in [-0.15, -0.1) is 11.3 Å². The molecule has 1 fully saturated rings. The van der Waals surface area contributed by atoms with Crippen LogP contribution < -0.4 is 5.32 Å². The molecule has 0 amide bonds. The maximum Gasteiger partial charge on any atom is 0.0701 e. The molecule has 0 unspecified atom stereocenters. The molecule has 1 aliphatic rings. The summed E-state index contributed by atoms with van der Waals surface area (Å²) in [5, 5.41) is 3.68. The Balaban J connectivity index is 1.67. The van der Waals surface area contributed by atoms with E-state index in [0.29, 0.717) is 6.04 Å². The van der Waals surface area contributed by atoms with Crippen LogP contribution in [0, 0.1) is 0 Å². The van der Waals surface area contributed by atoms with Crippen molar-refractivity contribution in [3.8, 4) is 0 Å². The van der Waals surface area contributed by atoms with Crippen molar-refractivity contribution in [2.45, 2.75) is 39.3 Å². The fourth-order valence-corrected chi connectivity index (χ4v) is 3.76. The molecule has 1 aliphatic heterocycles. The molecule has 2 rings (SSSR count). The van der Waals surface area contributed by atoms with E-state index in [4.69, 9.17) is 0 Å². The lowest BCUT2D eigenvalue weighted by Crippen LogP contribution is -2.42. The fraction of sp³-hybridized carbons (Fsp3) is 0.600. The van der Waals surface area contributed by atoms with E-state index in [1.165, 1.54) is 40.2 Å². The fourth-order valence-electron chi connectivity index (χ4n) is 2.32. The van der Waals surface area contributed by atoms with Gasteiger partial charge in [0.1, 0.15) is 0 Å². The van der Waals surface area contributed by atoms with E-state index in [2.05, 4.69) is 58.2 Å². The van der Waals surface area contributed by atoms with Gasteiger partial charge in [0.25, 0.3) is 0 Å². The van der Waals surface area contributed by atoms with Crippen LogP contribution in [0.25, 0.3) is 0 Å². The molecule has 2 heterocycles. The van der Waals surface area contributed by atoms with Gasteiger partial charge in [0.05, 0.1) is 3.79 Å². The molecule has 19 heavy (non-hydrogen) atoms. The van der Waals surface area contributed by atoms with Crippen LogP contribution in [-0.2, 0) is 6.54 Å². The number of hydrogen-bond donors (Lipinski definition) is 1. The van der Waals surface area contributed by atoms with Crippen LogP contribution in [0.2, 0.25) is 0 Å². The molecule has 0 saturated carbocycles. The molecule has 0 aromatic carbocycles. The quantitative estimate of drug-likeness (QED) is 0.812. The summed E-state index contributed by atoms with van der Waals surface area (Å²) < 4.78 is 1.22. The number of thiophene rings is 1. The third-order valence-corrected chi connectivity index (χ3v) is 5.16. The predicted octanol–water partition coefficient (Wildman–Crippen LogP) is 4.03. The summed E-state index contributed by atoms with van der Waals surface area (Å²) in [6.07, 6.45) is 4.86. The van der Waals surface area contributed by atoms with Crippen LogP contribution in [0.3, 0.4) is 0 Å². The summed E-state index contributed by atoms with van der Waals surface area (Å²) in [7, 11) is 0. The monoisotopic (exact) mass is 342 g/mol. The van der Waals surface area contributed by atoms with Gasteiger partial charge in [-0.1, -0.05) is 11.6 Å². The van der Waals surface area contributed by atoms with Crippen molar-refractivity contribution in [3.63, 3.8) is 0 Å². The first-order valence-electron chi connectivity index (χ1n) is 6.97. The average Bonchev–Trinajstić information content (AvgIpc) is 2.81. The third kappa shape index (κ3) is 5.38. The molecule has 1 aromatic heterocycles. The summed E-state index contributed by atoms with van der Waals surface area (Å²) in [6.45, 7) is 8.91. The number of allylic oxidation sites excluding steroid dienone is 1. The van der Waals surface area contributed by atoms with Gasteiger partial charge in [-0.05, 0) is 67.8 Å². The van der Waals surface area contributed by atoms with Gasteiger partial charge in [0.2, 0.25) is 0 Å². The molecule has 4 heteroatoms. The Hall–Kier alpha value is -0.160. The standard InChI is InChI=1S/C15H23BrN2S/c1-12(2)5-8-18-9-6-13(7-10-18)17-11-14-3-4-15(16)19-14/h3-5,13,17H,6-11H2,1-2H3. The number of rotatable bonds is 5. The summed E-state index contributed by atoms with van der Waals surface area (Å²) in [4.78, 5) is 3.96. The third-order valence-electron chi connectivity index (χ3n) is 3.54. The van der Waals surface area contributed by atoms with E-state index < -0.39 is 0 Å². The van der Waals surface area contributed by atoms with Crippen molar-refractivity contribution in [2.75, 3.05) is 19.6 Å². The predicted molar refractivity (Wildman–Crippen MR) is 87.8 cm³/mol. The van der Waals surface area contributed by atoms with E-state index in [1.807, 2.05) is 11.3 Å². The second kappa shape index (κ2) is 7.58. The molecule has 0 spiro atoms. The first kappa shape index (κ1) is 15.2. The van der Waals surface area contributed by atoms with E-state index in [1.54, 1.807) is 0 Å². The van der Waals surface area contributed by atoms with Crippen LogP contribution in [0.1, 0.15) is 31.6 Å². The van der Waals surface area contributed by atoms with Gasteiger partial charge in [-0.2, -0.15) is 0 Å². The van der Waals surface area contributed by atoms with E-state index in [9.17, 15) is 0 Å². The minimum atomic E-state index is 0.684.